The molecule has 128 valence electrons. The van der Waals surface area contributed by atoms with Gasteiger partial charge in [-0.05, 0) is 30.8 Å². The summed E-state index contributed by atoms with van der Waals surface area (Å²) in [5.41, 5.74) is 1.02. The van der Waals surface area contributed by atoms with Crippen LogP contribution in [0, 0.1) is 11.6 Å². The van der Waals surface area contributed by atoms with Crippen molar-refractivity contribution in [3.8, 4) is 0 Å². The van der Waals surface area contributed by atoms with Crippen LogP contribution in [0.3, 0.4) is 0 Å². The fraction of sp³-hybridized carbons (Fsp3) is 0.294. The van der Waals surface area contributed by atoms with Crippen LogP contribution >= 0.6 is 0 Å². The Bertz CT molecular complexity index is 828. The van der Waals surface area contributed by atoms with Gasteiger partial charge in [0.15, 0.2) is 11.6 Å². The van der Waals surface area contributed by atoms with Crippen LogP contribution in [0.1, 0.15) is 11.6 Å². The first-order valence-corrected chi connectivity index (χ1v) is 9.04. The van der Waals surface area contributed by atoms with Crippen molar-refractivity contribution < 1.29 is 17.2 Å². The summed E-state index contributed by atoms with van der Waals surface area (Å²) in [4.78, 5) is 1.87. The van der Waals surface area contributed by atoms with E-state index in [2.05, 4.69) is 4.90 Å². The van der Waals surface area contributed by atoms with Crippen LogP contribution in [0.4, 0.5) is 8.78 Å². The minimum atomic E-state index is -3.87. The predicted molar refractivity (Wildman–Crippen MR) is 86.9 cm³/mol. The molecule has 24 heavy (non-hydrogen) atoms. The third kappa shape index (κ3) is 3.19. The number of sulfonamides is 1. The van der Waals surface area contributed by atoms with Gasteiger partial charge in [0.1, 0.15) is 0 Å². The summed E-state index contributed by atoms with van der Waals surface area (Å²) in [6, 6.07) is 12.2. The fourth-order valence-electron chi connectivity index (χ4n) is 2.89. The average Bonchev–Trinajstić information content (AvgIpc) is 2.58. The van der Waals surface area contributed by atoms with Crippen molar-refractivity contribution in [2.45, 2.75) is 10.9 Å². The van der Waals surface area contributed by atoms with Crippen molar-refractivity contribution in [3.63, 3.8) is 0 Å². The highest BCUT2D eigenvalue weighted by Crippen LogP contribution is 2.28. The molecule has 1 fully saturated rings. The maximum atomic E-state index is 13.4. The molecule has 4 nitrogen and oxygen atoms in total. The van der Waals surface area contributed by atoms with Gasteiger partial charge in [0, 0.05) is 25.7 Å². The molecule has 0 aliphatic carbocycles. The van der Waals surface area contributed by atoms with Crippen molar-refractivity contribution in [1.29, 1.82) is 0 Å². The van der Waals surface area contributed by atoms with Crippen LogP contribution in [0.25, 0.3) is 0 Å². The van der Waals surface area contributed by atoms with Gasteiger partial charge >= 0.3 is 0 Å². The molecule has 1 atom stereocenters. The molecule has 0 radical (unpaired) electrons. The molecular weight excluding hydrogens is 334 g/mol. The van der Waals surface area contributed by atoms with Crippen LogP contribution in [-0.2, 0) is 10.0 Å². The van der Waals surface area contributed by atoms with E-state index in [1.54, 1.807) is 0 Å². The van der Waals surface area contributed by atoms with Gasteiger partial charge in [-0.1, -0.05) is 30.3 Å². The minimum Gasteiger partial charge on any atom is -0.297 e. The molecule has 0 saturated carbocycles. The number of hydrogen-bond acceptors (Lipinski definition) is 3. The normalized spacial score (nSPS) is 20.2. The lowest BCUT2D eigenvalue weighted by atomic mass is 10.0. The van der Waals surface area contributed by atoms with Crippen molar-refractivity contribution in [3.05, 3.63) is 65.7 Å². The van der Waals surface area contributed by atoms with Crippen LogP contribution in [0.15, 0.2) is 53.4 Å². The molecule has 0 aromatic heterocycles. The van der Waals surface area contributed by atoms with Crippen molar-refractivity contribution in [2.75, 3.05) is 26.7 Å². The van der Waals surface area contributed by atoms with Crippen molar-refractivity contribution in [1.82, 2.24) is 9.21 Å². The van der Waals surface area contributed by atoms with E-state index in [-0.39, 0.29) is 17.5 Å². The van der Waals surface area contributed by atoms with E-state index in [1.165, 1.54) is 4.31 Å². The molecule has 0 unspecified atom stereocenters. The van der Waals surface area contributed by atoms with E-state index >= 15 is 0 Å². The van der Waals surface area contributed by atoms with Gasteiger partial charge in [-0.2, -0.15) is 4.31 Å². The highest BCUT2D eigenvalue weighted by atomic mass is 32.2. The van der Waals surface area contributed by atoms with Crippen molar-refractivity contribution in [2.24, 2.45) is 0 Å². The van der Waals surface area contributed by atoms with Gasteiger partial charge in [-0.15, -0.1) is 0 Å². The number of likely N-dealkylation sites (N-methyl/N-ethyl adjacent to an activating group) is 1. The molecule has 1 aliphatic rings. The summed E-state index contributed by atoms with van der Waals surface area (Å²) in [5.74, 6) is -2.22. The molecule has 2 aromatic carbocycles. The van der Waals surface area contributed by atoms with Crippen LogP contribution in [0.5, 0.6) is 0 Å². The lowest BCUT2D eigenvalue weighted by Crippen LogP contribution is -2.48. The largest absolute Gasteiger partial charge is 0.297 e. The average molecular weight is 352 g/mol. The van der Waals surface area contributed by atoms with Gasteiger partial charge in [-0.3, -0.25) is 4.90 Å². The van der Waals surface area contributed by atoms with Crippen LogP contribution < -0.4 is 0 Å². The maximum absolute atomic E-state index is 13.4. The molecule has 0 N–H and O–H groups in total. The first-order chi connectivity index (χ1) is 11.4. The number of hydrogen-bond donors (Lipinski definition) is 0. The molecule has 0 bridgehead atoms. The monoisotopic (exact) mass is 352 g/mol. The second kappa shape index (κ2) is 6.58. The molecule has 7 heteroatoms. The second-order valence-electron chi connectivity index (χ2n) is 5.85. The Hall–Kier alpha value is -1.83. The van der Waals surface area contributed by atoms with Gasteiger partial charge in [0.25, 0.3) is 0 Å². The third-order valence-corrected chi connectivity index (χ3v) is 6.19. The van der Waals surface area contributed by atoms with E-state index in [9.17, 15) is 17.2 Å². The number of rotatable bonds is 3. The molecule has 2 aromatic rings. The first-order valence-electron chi connectivity index (χ1n) is 7.60. The standard InChI is InChI=1S/C17H18F2N2O2S/c1-20-9-10-21(12-17(20)13-5-3-2-4-6-13)24(22,23)14-7-8-15(18)16(19)11-14/h2-8,11,17H,9-10,12H2,1H3/t17-/m1/s1. The zero-order valence-corrected chi connectivity index (χ0v) is 14.0. The molecule has 1 heterocycles. The zero-order valence-electron chi connectivity index (χ0n) is 13.2. The molecule has 0 amide bonds. The Kier molecular flexibility index (Phi) is 4.67. The second-order valence-corrected chi connectivity index (χ2v) is 7.78. The number of nitrogens with zero attached hydrogens (tertiary/aromatic N) is 2. The lowest BCUT2D eigenvalue weighted by Gasteiger charge is -2.39. The van der Waals surface area contributed by atoms with Gasteiger partial charge in [-0.25, -0.2) is 17.2 Å². The maximum Gasteiger partial charge on any atom is 0.243 e. The van der Waals surface area contributed by atoms with E-state index in [0.717, 1.165) is 23.8 Å². The summed E-state index contributed by atoms with van der Waals surface area (Å²) in [6.45, 7) is 1.13. The van der Waals surface area contributed by atoms with E-state index in [4.69, 9.17) is 0 Å². The molecule has 3 rings (SSSR count). The highest BCUT2D eigenvalue weighted by Gasteiger charge is 2.33. The summed E-state index contributed by atoms with van der Waals surface area (Å²) in [6.07, 6.45) is 0. The molecule has 1 aliphatic heterocycles. The summed E-state index contributed by atoms with van der Waals surface area (Å²) < 4.78 is 53.3. The topological polar surface area (TPSA) is 40.6 Å². The summed E-state index contributed by atoms with van der Waals surface area (Å²) in [5, 5.41) is 0. The molecule has 0 spiro atoms. The molecule has 1 saturated heterocycles. The highest BCUT2D eigenvalue weighted by molar-refractivity contribution is 7.89. The van der Waals surface area contributed by atoms with Crippen LogP contribution in [0.2, 0.25) is 0 Å². The van der Waals surface area contributed by atoms with Crippen molar-refractivity contribution >= 4 is 10.0 Å². The van der Waals surface area contributed by atoms with Crippen LogP contribution in [-0.4, -0.2) is 44.3 Å². The smallest absolute Gasteiger partial charge is 0.243 e. The third-order valence-electron chi connectivity index (χ3n) is 4.32. The minimum absolute atomic E-state index is 0.0833. The fourth-order valence-corrected chi connectivity index (χ4v) is 4.34. The number of halogens is 2. The Morgan fingerprint density at radius 3 is 2.38 bits per heavy atom. The van der Waals surface area contributed by atoms with Gasteiger partial charge < -0.3 is 0 Å². The van der Waals surface area contributed by atoms with E-state index in [0.29, 0.717) is 13.1 Å². The van der Waals surface area contributed by atoms with Gasteiger partial charge in [0.05, 0.1) is 4.90 Å². The SMILES string of the molecule is CN1CCN(S(=O)(=O)c2ccc(F)c(F)c2)C[C@@H]1c1ccccc1. The molecular formula is C17H18F2N2O2S. The Labute approximate surface area is 140 Å². The summed E-state index contributed by atoms with van der Waals surface area (Å²) >= 11 is 0. The quantitative estimate of drug-likeness (QED) is 0.853. The Morgan fingerprint density at radius 2 is 1.71 bits per heavy atom. The first kappa shape index (κ1) is 17.0. The summed E-state index contributed by atoms with van der Waals surface area (Å²) in [7, 11) is -1.92. The zero-order chi connectivity index (χ0) is 17.3. The Balaban J connectivity index is 1.89. The van der Waals surface area contributed by atoms with E-state index < -0.39 is 21.7 Å². The number of benzene rings is 2. The van der Waals surface area contributed by atoms with E-state index in [1.807, 2.05) is 37.4 Å². The van der Waals surface area contributed by atoms with Gasteiger partial charge in [0.2, 0.25) is 10.0 Å². The lowest BCUT2D eigenvalue weighted by molar-refractivity contribution is 0.148. The number of piperazine rings is 1. The Morgan fingerprint density at radius 1 is 1.00 bits per heavy atom. The predicted octanol–water partition coefficient (Wildman–Crippen LogP) is 2.64.